The fourth-order valence-electron chi connectivity index (χ4n) is 1.42. The summed E-state index contributed by atoms with van der Waals surface area (Å²) in [6.45, 7) is 1.17. The Morgan fingerprint density at radius 2 is 2.22 bits per heavy atom. The van der Waals surface area contributed by atoms with Crippen LogP contribution in [0.2, 0.25) is 0 Å². The van der Waals surface area contributed by atoms with Gasteiger partial charge in [-0.05, 0) is 28.8 Å². The Morgan fingerprint density at radius 3 is 2.83 bits per heavy atom. The van der Waals surface area contributed by atoms with Gasteiger partial charge in [-0.3, -0.25) is 10.1 Å². The molecule has 100 valence electrons. The summed E-state index contributed by atoms with van der Waals surface area (Å²) in [5, 5.41) is 13.7. The van der Waals surface area contributed by atoms with Gasteiger partial charge in [0.05, 0.1) is 9.40 Å². The molecule has 0 saturated heterocycles. The van der Waals surface area contributed by atoms with E-state index in [1.807, 2.05) is 0 Å². The number of nitrogens with zero attached hydrogens (tertiary/aromatic N) is 1. The number of benzene rings is 1. The third kappa shape index (κ3) is 4.23. The van der Waals surface area contributed by atoms with Gasteiger partial charge in [0.15, 0.2) is 0 Å². The van der Waals surface area contributed by atoms with Gasteiger partial charge in [0, 0.05) is 32.4 Å². The number of nitro benzene ring substituents is 1. The van der Waals surface area contributed by atoms with Crippen molar-refractivity contribution in [2.45, 2.75) is 12.8 Å². The Labute approximate surface area is 113 Å². The third-order valence-electron chi connectivity index (χ3n) is 2.33. The number of methoxy groups -OCH3 is 1. The first-order valence-electron chi connectivity index (χ1n) is 5.42. The van der Waals surface area contributed by atoms with Crippen LogP contribution < -0.4 is 5.32 Å². The van der Waals surface area contributed by atoms with E-state index in [-0.39, 0.29) is 15.8 Å². The first-order valence-corrected chi connectivity index (χ1v) is 6.21. The average molecular weight is 321 g/mol. The summed E-state index contributed by atoms with van der Waals surface area (Å²) in [7, 11) is 1.61. The second-order valence-corrected chi connectivity index (χ2v) is 4.52. The van der Waals surface area contributed by atoms with Crippen LogP contribution in [0.5, 0.6) is 0 Å². The van der Waals surface area contributed by atoms with Gasteiger partial charge in [-0.2, -0.15) is 0 Å². The lowest BCUT2D eigenvalue weighted by molar-refractivity contribution is -0.384. The van der Waals surface area contributed by atoms with Crippen molar-refractivity contribution >= 4 is 27.3 Å². The smallest absolute Gasteiger partial charge is 0.293 e. The van der Waals surface area contributed by atoms with Crippen LogP contribution in [0.3, 0.4) is 0 Å². The van der Waals surface area contributed by atoms with Gasteiger partial charge in [-0.15, -0.1) is 0 Å². The van der Waals surface area contributed by atoms with Crippen molar-refractivity contribution < 1.29 is 14.1 Å². The molecule has 0 unspecified atom stereocenters. The summed E-state index contributed by atoms with van der Waals surface area (Å²) in [6.07, 6.45) is 1.64. The number of ether oxygens (including phenoxy) is 1. The molecule has 0 heterocycles. The molecule has 0 spiro atoms. The SMILES string of the molecule is COCCCCNc1cc(F)c(Br)cc1[N+](=O)[O-]. The second-order valence-electron chi connectivity index (χ2n) is 3.67. The van der Waals surface area contributed by atoms with E-state index in [0.717, 1.165) is 25.0 Å². The van der Waals surface area contributed by atoms with Crippen LogP contribution in [0, 0.1) is 15.9 Å². The molecule has 18 heavy (non-hydrogen) atoms. The van der Waals surface area contributed by atoms with Crippen molar-refractivity contribution in [1.82, 2.24) is 0 Å². The Balaban J connectivity index is 2.68. The summed E-state index contributed by atoms with van der Waals surface area (Å²) < 4.78 is 18.3. The number of hydrogen-bond donors (Lipinski definition) is 1. The normalized spacial score (nSPS) is 10.4. The maximum absolute atomic E-state index is 13.3. The molecule has 1 aromatic carbocycles. The standard InChI is InChI=1S/C11H14BrFN2O3/c1-18-5-3-2-4-14-10-7-9(13)8(12)6-11(10)15(16)17/h6-7,14H,2-5H2,1H3. The fourth-order valence-corrected chi connectivity index (χ4v) is 1.75. The zero-order valence-corrected chi connectivity index (χ0v) is 11.5. The van der Waals surface area contributed by atoms with Gasteiger partial charge in [-0.1, -0.05) is 0 Å². The number of halogens is 2. The van der Waals surface area contributed by atoms with Crippen molar-refractivity contribution in [2.24, 2.45) is 0 Å². The van der Waals surface area contributed by atoms with Gasteiger partial charge < -0.3 is 10.1 Å². The van der Waals surface area contributed by atoms with E-state index in [2.05, 4.69) is 21.2 Å². The topological polar surface area (TPSA) is 64.4 Å². The molecule has 1 N–H and O–H groups in total. The summed E-state index contributed by atoms with van der Waals surface area (Å²) in [4.78, 5) is 10.3. The lowest BCUT2D eigenvalue weighted by Crippen LogP contribution is -2.06. The summed E-state index contributed by atoms with van der Waals surface area (Å²) in [5.74, 6) is -0.528. The van der Waals surface area contributed by atoms with Gasteiger partial charge in [0.1, 0.15) is 11.5 Å². The molecule has 0 fully saturated rings. The van der Waals surface area contributed by atoms with E-state index in [4.69, 9.17) is 4.74 Å². The van der Waals surface area contributed by atoms with Gasteiger partial charge in [0.2, 0.25) is 0 Å². The zero-order valence-electron chi connectivity index (χ0n) is 9.91. The highest BCUT2D eigenvalue weighted by Gasteiger charge is 2.16. The minimum absolute atomic E-state index is 0.0825. The molecule has 0 saturated carbocycles. The number of nitrogens with one attached hydrogen (secondary N) is 1. The molecule has 0 radical (unpaired) electrons. The molecule has 0 bridgehead atoms. The highest BCUT2D eigenvalue weighted by molar-refractivity contribution is 9.10. The summed E-state index contributed by atoms with van der Waals surface area (Å²) in [6, 6.07) is 2.28. The quantitative estimate of drug-likeness (QED) is 0.475. The highest BCUT2D eigenvalue weighted by atomic mass is 79.9. The largest absolute Gasteiger partial charge is 0.385 e. The number of unbranched alkanes of at least 4 members (excludes halogenated alkanes) is 1. The minimum Gasteiger partial charge on any atom is -0.385 e. The molecule has 0 aromatic heterocycles. The molecule has 0 aliphatic rings. The Morgan fingerprint density at radius 1 is 1.50 bits per heavy atom. The number of nitro groups is 1. The molecule has 0 aliphatic heterocycles. The molecule has 1 rings (SSSR count). The average Bonchev–Trinajstić information content (AvgIpc) is 2.32. The predicted octanol–water partition coefficient (Wildman–Crippen LogP) is 3.33. The Kier molecular flexibility index (Phi) is 6.00. The van der Waals surface area contributed by atoms with Crippen molar-refractivity contribution in [1.29, 1.82) is 0 Å². The minimum atomic E-state index is -0.540. The van der Waals surface area contributed by atoms with Crippen molar-refractivity contribution in [2.75, 3.05) is 25.6 Å². The van der Waals surface area contributed by atoms with E-state index >= 15 is 0 Å². The van der Waals surface area contributed by atoms with Gasteiger partial charge >= 0.3 is 0 Å². The highest BCUT2D eigenvalue weighted by Crippen LogP contribution is 2.30. The van der Waals surface area contributed by atoms with Gasteiger partial charge in [0.25, 0.3) is 5.69 Å². The number of rotatable bonds is 7. The molecule has 7 heteroatoms. The van der Waals surface area contributed by atoms with Crippen molar-refractivity contribution in [3.05, 3.63) is 32.5 Å². The number of anilines is 1. The van der Waals surface area contributed by atoms with Crippen LogP contribution in [0.1, 0.15) is 12.8 Å². The maximum Gasteiger partial charge on any atom is 0.293 e. The fraction of sp³-hybridized carbons (Fsp3) is 0.455. The van der Waals surface area contributed by atoms with E-state index in [9.17, 15) is 14.5 Å². The third-order valence-corrected chi connectivity index (χ3v) is 2.93. The molecule has 1 aromatic rings. The van der Waals surface area contributed by atoms with E-state index < -0.39 is 10.7 Å². The Hall–Kier alpha value is -1.21. The van der Waals surface area contributed by atoms with Crippen LogP contribution in [-0.2, 0) is 4.74 Å². The van der Waals surface area contributed by atoms with Gasteiger partial charge in [-0.25, -0.2) is 4.39 Å². The molecule has 0 amide bonds. The molecule has 0 aliphatic carbocycles. The molecular formula is C11H14BrFN2O3. The molecular weight excluding hydrogens is 307 g/mol. The van der Waals surface area contributed by atoms with E-state index in [1.165, 1.54) is 0 Å². The van der Waals surface area contributed by atoms with Crippen LogP contribution >= 0.6 is 15.9 Å². The van der Waals surface area contributed by atoms with Crippen LogP contribution in [0.4, 0.5) is 15.8 Å². The van der Waals surface area contributed by atoms with Crippen LogP contribution in [-0.4, -0.2) is 25.2 Å². The molecule has 5 nitrogen and oxygen atoms in total. The maximum atomic E-state index is 13.3. The first-order chi connectivity index (χ1) is 8.56. The lowest BCUT2D eigenvalue weighted by Gasteiger charge is -2.07. The monoisotopic (exact) mass is 320 g/mol. The summed E-state index contributed by atoms with van der Waals surface area (Å²) >= 11 is 2.93. The van der Waals surface area contributed by atoms with Crippen molar-refractivity contribution in [3.8, 4) is 0 Å². The predicted molar refractivity (Wildman–Crippen MR) is 70.4 cm³/mol. The Bertz CT molecular complexity index is 429. The lowest BCUT2D eigenvalue weighted by atomic mass is 10.2. The second kappa shape index (κ2) is 7.27. The van der Waals surface area contributed by atoms with E-state index in [1.54, 1.807) is 7.11 Å². The van der Waals surface area contributed by atoms with Crippen LogP contribution in [0.15, 0.2) is 16.6 Å². The molecule has 0 atom stereocenters. The van der Waals surface area contributed by atoms with E-state index in [0.29, 0.717) is 13.2 Å². The van der Waals surface area contributed by atoms with Crippen molar-refractivity contribution in [3.63, 3.8) is 0 Å². The zero-order chi connectivity index (χ0) is 13.5. The number of hydrogen-bond acceptors (Lipinski definition) is 4. The summed E-state index contributed by atoms with van der Waals surface area (Å²) in [5.41, 5.74) is 0.0492. The first kappa shape index (κ1) is 14.8. The van der Waals surface area contributed by atoms with Crippen LogP contribution in [0.25, 0.3) is 0 Å².